The van der Waals surface area contributed by atoms with Crippen LogP contribution in [-0.4, -0.2) is 70.0 Å². The normalized spacial score (nSPS) is 27.9. The van der Waals surface area contributed by atoms with Crippen LogP contribution in [0.5, 0.6) is 0 Å². The lowest BCUT2D eigenvalue weighted by molar-refractivity contribution is -0.139. The molecule has 3 unspecified atom stereocenters. The topological polar surface area (TPSA) is 81.2 Å². The van der Waals surface area contributed by atoms with E-state index in [2.05, 4.69) is 20.1 Å². The van der Waals surface area contributed by atoms with Crippen LogP contribution >= 0.6 is 23.4 Å². The van der Waals surface area contributed by atoms with E-state index in [0.29, 0.717) is 23.7 Å². The van der Waals surface area contributed by atoms with Gasteiger partial charge in [0.25, 0.3) is 5.91 Å². The fraction of sp³-hybridized carbons (Fsp3) is 0.406. The summed E-state index contributed by atoms with van der Waals surface area (Å²) in [6.45, 7) is 10.5. The number of benzene rings is 2. The van der Waals surface area contributed by atoms with Crippen molar-refractivity contribution in [2.24, 2.45) is 17.8 Å². The zero-order valence-electron chi connectivity index (χ0n) is 23.2. The zero-order valence-corrected chi connectivity index (χ0v) is 24.8. The van der Waals surface area contributed by atoms with Crippen LogP contribution in [0.25, 0.3) is 0 Å². The van der Waals surface area contributed by atoms with Gasteiger partial charge in [-0.25, -0.2) is 0 Å². The smallest absolute Gasteiger partial charge is 0.251 e. The van der Waals surface area contributed by atoms with Crippen LogP contribution < -0.4 is 9.80 Å². The third kappa shape index (κ3) is 4.90. The number of amides is 3. The van der Waals surface area contributed by atoms with Crippen LogP contribution in [0, 0.1) is 17.8 Å². The van der Waals surface area contributed by atoms with Crippen LogP contribution in [0.15, 0.2) is 79.9 Å². The van der Waals surface area contributed by atoms with E-state index in [1.54, 1.807) is 62.9 Å². The molecule has 3 aliphatic heterocycles. The first-order chi connectivity index (χ1) is 19.8. The average molecular weight is 594 g/mol. The molecule has 7 nitrogen and oxygen atoms in total. The summed E-state index contributed by atoms with van der Waals surface area (Å²) in [7, 11) is 0. The largest absolute Gasteiger partial charge is 0.396 e. The number of para-hydroxylation sites is 1. The van der Waals surface area contributed by atoms with Crippen LogP contribution in [-0.2, 0) is 14.4 Å². The Kier molecular flexibility index (Phi) is 8.64. The van der Waals surface area contributed by atoms with Gasteiger partial charge in [-0.15, -0.1) is 24.9 Å². The number of hydrogen-bond acceptors (Lipinski definition) is 5. The zero-order chi connectivity index (χ0) is 29.3. The van der Waals surface area contributed by atoms with Crippen molar-refractivity contribution < 1.29 is 19.5 Å². The summed E-state index contributed by atoms with van der Waals surface area (Å²) in [5.74, 6) is -1.69. The van der Waals surface area contributed by atoms with Gasteiger partial charge >= 0.3 is 0 Å². The molecule has 2 bridgehead atoms. The second-order valence-corrected chi connectivity index (χ2v) is 12.9. The molecule has 3 fully saturated rings. The van der Waals surface area contributed by atoms with Gasteiger partial charge in [-0.2, -0.15) is 0 Å². The van der Waals surface area contributed by atoms with Crippen LogP contribution in [0.3, 0.4) is 0 Å². The number of rotatable bonds is 11. The number of fused-ring (bicyclic) bond motifs is 1. The Labute approximate surface area is 250 Å². The molecule has 0 radical (unpaired) electrons. The van der Waals surface area contributed by atoms with Crippen LogP contribution in [0.1, 0.15) is 19.8 Å². The molecule has 1 N–H and O–H groups in total. The van der Waals surface area contributed by atoms with Crippen molar-refractivity contribution in [3.8, 4) is 0 Å². The lowest BCUT2D eigenvalue weighted by atomic mass is 9.65. The van der Waals surface area contributed by atoms with E-state index in [9.17, 15) is 19.5 Å². The summed E-state index contributed by atoms with van der Waals surface area (Å²) >= 11 is 7.78. The second-order valence-electron chi connectivity index (χ2n) is 10.9. The third-order valence-electron chi connectivity index (χ3n) is 8.68. The van der Waals surface area contributed by atoms with Gasteiger partial charge in [0.1, 0.15) is 6.04 Å². The molecule has 1 spiro atoms. The van der Waals surface area contributed by atoms with Crippen molar-refractivity contribution in [1.82, 2.24) is 4.90 Å². The van der Waals surface area contributed by atoms with Gasteiger partial charge in [-0.3, -0.25) is 14.4 Å². The first-order valence-electron chi connectivity index (χ1n) is 14.0. The molecule has 3 heterocycles. The summed E-state index contributed by atoms with van der Waals surface area (Å²) in [4.78, 5) is 48.3. The molecule has 9 heteroatoms. The highest BCUT2D eigenvalue weighted by Crippen LogP contribution is 2.69. The predicted octanol–water partition coefficient (Wildman–Crippen LogP) is 4.80. The molecule has 6 atom stereocenters. The summed E-state index contributed by atoms with van der Waals surface area (Å²) < 4.78 is -0.767. The average Bonchev–Trinajstić information content (AvgIpc) is 3.57. The lowest BCUT2D eigenvalue weighted by Crippen LogP contribution is -2.57. The van der Waals surface area contributed by atoms with E-state index >= 15 is 0 Å². The van der Waals surface area contributed by atoms with Gasteiger partial charge in [0.2, 0.25) is 11.8 Å². The fourth-order valence-electron chi connectivity index (χ4n) is 7.02. The highest BCUT2D eigenvalue weighted by Gasteiger charge is 2.76. The van der Waals surface area contributed by atoms with E-state index in [4.69, 9.17) is 11.6 Å². The highest BCUT2D eigenvalue weighted by atomic mass is 35.5. The SMILES string of the molecule is C=CCN(C(=O)C1N(CCCO)C(=O)[C@@H]2[C@H](C(=O)N(CC=C)c3ccccc3)[C@@H]3CC(C)C12S3)c1ccc(Cl)cc1. The number of aliphatic hydroxyl groups is 1. The Bertz CT molecular complexity index is 1320. The Morgan fingerprint density at radius 2 is 1.66 bits per heavy atom. The minimum atomic E-state index is -0.783. The minimum Gasteiger partial charge on any atom is -0.396 e. The molecule has 3 amide bonds. The van der Waals surface area contributed by atoms with Crippen LogP contribution in [0.4, 0.5) is 11.4 Å². The van der Waals surface area contributed by atoms with Crippen molar-refractivity contribution in [2.45, 2.75) is 35.8 Å². The van der Waals surface area contributed by atoms with Gasteiger partial charge in [0, 0.05) is 47.9 Å². The molecule has 0 aliphatic carbocycles. The fourth-order valence-corrected chi connectivity index (χ4v) is 9.56. The second kappa shape index (κ2) is 12.0. The van der Waals surface area contributed by atoms with E-state index in [1.807, 2.05) is 30.3 Å². The van der Waals surface area contributed by atoms with Crippen molar-refractivity contribution in [3.05, 3.63) is 84.9 Å². The molecule has 2 aromatic rings. The minimum absolute atomic E-state index is 0.0314. The maximum atomic E-state index is 14.6. The monoisotopic (exact) mass is 593 g/mol. The van der Waals surface area contributed by atoms with Crippen molar-refractivity contribution >= 4 is 52.5 Å². The molecule has 0 aromatic heterocycles. The predicted molar refractivity (Wildman–Crippen MR) is 165 cm³/mol. The molecule has 41 heavy (non-hydrogen) atoms. The Balaban J connectivity index is 1.58. The first kappa shape index (κ1) is 29.4. The van der Waals surface area contributed by atoms with Crippen molar-refractivity contribution in [3.63, 3.8) is 0 Å². The summed E-state index contributed by atoms with van der Waals surface area (Å²) in [6.07, 6.45) is 4.44. The number of likely N-dealkylation sites (tertiary alicyclic amines) is 1. The Morgan fingerprint density at radius 1 is 1.05 bits per heavy atom. The molecule has 5 rings (SSSR count). The van der Waals surface area contributed by atoms with Gasteiger partial charge in [-0.1, -0.05) is 48.9 Å². The van der Waals surface area contributed by atoms with E-state index < -0.39 is 22.6 Å². The van der Waals surface area contributed by atoms with Gasteiger partial charge in [0.05, 0.1) is 16.6 Å². The van der Waals surface area contributed by atoms with Crippen LogP contribution in [0.2, 0.25) is 5.02 Å². The molecule has 216 valence electrons. The number of hydrogen-bond donors (Lipinski definition) is 1. The maximum Gasteiger partial charge on any atom is 0.251 e. The van der Waals surface area contributed by atoms with Crippen molar-refractivity contribution in [1.29, 1.82) is 0 Å². The molecular formula is C32H36ClN3O4S. The molecule has 3 aliphatic rings. The Hall–Kier alpha value is -3.07. The van der Waals surface area contributed by atoms with Crippen molar-refractivity contribution in [2.75, 3.05) is 36.0 Å². The number of nitrogens with zero attached hydrogens (tertiary/aromatic N) is 3. The van der Waals surface area contributed by atoms with Gasteiger partial charge in [-0.05, 0) is 55.2 Å². The summed E-state index contributed by atoms with van der Waals surface area (Å²) in [6, 6.07) is 15.7. The quantitative estimate of drug-likeness (QED) is 0.379. The summed E-state index contributed by atoms with van der Waals surface area (Å²) in [5.41, 5.74) is 1.41. The van der Waals surface area contributed by atoms with Gasteiger partial charge in [0.15, 0.2) is 0 Å². The van der Waals surface area contributed by atoms with E-state index in [1.165, 1.54) is 0 Å². The lowest BCUT2D eigenvalue weighted by Gasteiger charge is -2.41. The maximum absolute atomic E-state index is 14.6. The number of anilines is 2. The summed E-state index contributed by atoms with van der Waals surface area (Å²) in [5, 5.41) is 10.2. The number of carbonyl (C=O) groups is 3. The standard InChI is InChI=1S/C32H36ClN3O4S/c1-4-16-34(23-10-7-6-8-11-23)29(38)26-25-20-21(3)32(41-25)27(26)30(39)36(18-9-19-37)28(32)31(40)35(17-5-2)24-14-12-22(33)13-15-24/h4-8,10-15,21,25-28,37H,1-2,9,16-20H2,3H3/t21?,25-,26+,27-,28?,32?/m0/s1. The van der Waals surface area contributed by atoms with E-state index in [0.717, 1.165) is 12.1 Å². The number of carbonyl (C=O) groups excluding carboxylic acids is 3. The van der Waals surface area contributed by atoms with Gasteiger partial charge < -0.3 is 19.8 Å². The molecule has 2 aromatic carbocycles. The Morgan fingerprint density at radius 3 is 2.27 bits per heavy atom. The molecular weight excluding hydrogens is 558 g/mol. The highest BCUT2D eigenvalue weighted by molar-refractivity contribution is 8.02. The third-order valence-corrected chi connectivity index (χ3v) is 11.0. The van der Waals surface area contributed by atoms with E-state index in [-0.39, 0.29) is 48.6 Å². The molecule has 3 saturated heterocycles. The number of aliphatic hydroxyl groups excluding tert-OH is 1. The molecule has 0 saturated carbocycles. The number of halogens is 1. The number of thioether (sulfide) groups is 1. The first-order valence-corrected chi connectivity index (χ1v) is 15.3.